The third-order valence-electron chi connectivity index (χ3n) is 6.80. The Morgan fingerprint density at radius 2 is 1.33 bits per heavy atom. The number of rotatable bonds is 12. The quantitative estimate of drug-likeness (QED) is 0.244. The van der Waals surface area contributed by atoms with Gasteiger partial charge in [0.1, 0.15) is 12.6 Å². The third kappa shape index (κ3) is 7.85. The lowest BCUT2D eigenvalue weighted by Gasteiger charge is -2.34. The first-order valence-electron chi connectivity index (χ1n) is 14.0. The van der Waals surface area contributed by atoms with E-state index >= 15 is 0 Å². The van der Waals surface area contributed by atoms with E-state index in [0.29, 0.717) is 5.69 Å². The van der Waals surface area contributed by atoms with Crippen molar-refractivity contribution in [2.24, 2.45) is 0 Å². The Labute approximate surface area is 248 Å². The molecular weight excluding hydrogens is 546 g/mol. The summed E-state index contributed by atoms with van der Waals surface area (Å²) in [6.45, 7) is 5.26. The molecule has 4 aromatic carbocycles. The number of sulfonamides is 1. The van der Waals surface area contributed by atoms with Gasteiger partial charge in [0.15, 0.2) is 0 Å². The molecule has 7 nitrogen and oxygen atoms in total. The van der Waals surface area contributed by atoms with Crippen LogP contribution in [0.4, 0.5) is 5.69 Å². The van der Waals surface area contributed by atoms with Gasteiger partial charge in [-0.2, -0.15) is 0 Å². The second kappa shape index (κ2) is 14.0. The van der Waals surface area contributed by atoms with E-state index in [4.69, 9.17) is 0 Å². The van der Waals surface area contributed by atoms with E-state index in [1.165, 1.54) is 17.0 Å². The van der Waals surface area contributed by atoms with Crippen LogP contribution in [0.25, 0.3) is 0 Å². The average Bonchev–Trinajstić information content (AvgIpc) is 2.98. The maximum atomic E-state index is 14.4. The van der Waals surface area contributed by atoms with Crippen molar-refractivity contribution < 1.29 is 18.0 Å². The summed E-state index contributed by atoms with van der Waals surface area (Å²) in [6, 6.07) is 33.0. The Balaban J connectivity index is 1.79. The molecule has 0 aliphatic heterocycles. The summed E-state index contributed by atoms with van der Waals surface area (Å²) in [6.07, 6.45) is 0.272. The van der Waals surface area contributed by atoms with Crippen LogP contribution in [-0.2, 0) is 32.6 Å². The highest BCUT2D eigenvalue weighted by atomic mass is 32.2. The fourth-order valence-electron chi connectivity index (χ4n) is 4.75. The fraction of sp³-hybridized carbons (Fsp3) is 0.235. The summed E-state index contributed by atoms with van der Waals surface area (Å²) in [7, 11) is -4.11. The molecule has 1 unspecified atom stereocenters. The van der Waals surface area contributed by atoms with Crippen molar-refractivity contribution in [2.75, 3.05) is 10.8 Å². The van der Waals surface area contributed by atoms with Crippen LogP contribution in [0.3, 0.4) is 0 Å². The number of nitrogens with one attached hydrogen (secondary N) is 1. The molecule has 0 saturated carbocycles. The monoisotopic (exact) mass is 583 g/mol. The van der Waals surface area contributed by atoms with Crippen LogP contribution in [0.15, 0.2) is 120 Å². The van der Waals surface area contributed by atoms with Gasteiger partial charge >= 0.3 is 0 Å². The molecule has 0 aliphatic carbocycles. The number of aryl methyl sites for hydroxylation is 1. The lowest BCUT2D eigenvalue weighted by Crippen LogP contribution is -2.54. The van der Waals surface area contributed by atoms with Gasteiger partial charge in [0.25, 0.3) is 10.0 Å². The summed E-state index contributed by atoms with van der Waals surface area (Å²) >= 11 is 0. The molecule has 0 aromatic heterocycles. The van der Waals surface area contributed by atoms with Gasteiger partial charge in [-0.25, -0.2) is 8.42 Å². The number of nitrogens with zero attached hydrogens (tertiary/aromatic N) is 2. The zero-order valence-electron chi connectivity index (χ0n) is 24.2. The molecule has 0 heterocycles. The second-order valence-electron chi connectivity index (χ2n) is 10.5. The maximum absolute atomic E-state index is 14.4. The number of anilines is 1. The summed E-state index contributed by atoms with van der Waals surface area (Å²) in [5, 5.41) is 2.97. The van der Waals surface area contributed by atoms with Crippen molar-refractivity contribution in [3.8, 4) is 0 Å². The molecule has 0 aliphatic rings. The van der Waals surface area contributed by atoms with Crippen molar-refractivity contribution in [2.45, 2.75) is 50.7 Å². The van der Waals surface area contributed by atoms with E-state index in [1.54, 1.807) is 36.4 Å². The molecule has 2 amide bonds. The smallest absolute Gasteiger partial charge is 0.264 e. The number of carbonyl (C=O) groups excluding carboxylic acids is 2. The van der Waals surface area contributed by atoms with Gasteiger partial charge in [-0.3, -0.25) is 13.9 Å². The SMILES string of the molecule is Cc1cccc(N(CC(=O)N(Cc2ccccc2)C(Cc2ccccc2)C(=O)NC(C)C)S(=O)(=O)c2ccccc2)c1. The van der Waals surface area contributed by atoms with Crippen molar-refractivity contribution >= 4 is 27.5 Å². The van der Waals surface area contributed by atoms with Crippen LogP contribution in [0.5, 0.6) is 0 Å². The van der Waals surface area contributed by atoms with Gasteiger partial charge in [-0.05, 0) is 61.7 Å². The van der Waals surface area contributed by atoms with Crippen LogP contribution in [0.2, 0.25) is 0 Å². The molecule has 8 heteroatoms. The molecule has 0 spiro atoms. The summed E-state index contributed by atoms with van der Waals surface area (Å²) in [5.41, 5.74) is 2.94. The second-order valence-corrected chi connectivity index (χ2v) is 12.4. The van der Waals surface area contributed by atoms with E-state index in [0.717, 1.165) is 21.0 Å². The van der Waals surface area contributed by atoms with Crippen LogP contribution in [0, 0.1) is 6.92 Å². The number of hydrogen-bond donors (Lipinski definition) is 1. The summed E-state index contributed by atoms with van der Waals surface area (Å²) in [5.74, 6) is -0.786. The van der Waals surface area contributed by atoms with Crippen LogP contribution >= 0.6 is 0 Å². The van der Waals surface area contributed by atoms with Crippen molar-refractivity contribution in [3.63, 3.8) is 0 Å². The number of hydrogen-bond acceptors (Lipinski definition) is 4. The maximum Gasteiger partial charge on any atom is 0.264 e. The van der Waals surface area contributed by atoms with E-state index < -0.39 is 28.5 Å². The standard InChI is InChI=1S/C34H37N3O4S/c1-26(2)35-34(39)32(23-28-15-7-4-8-16-28)36(24-29-17-9-5-10-18-29)33(38)25-37(30-19-13-14-27(3)22-30)42(40,41)31-20-11-6-12-21-31/h4-22,26,32H,23-25H2,1-3H3,(H,35,39). The van der Waals surface area contributed by atoms with Gasteiger partial charge in [0.05, 0.1) is 10.6 Å². The molecule has 0 radical (unpaired) electrons. The van der Waals surface area contributed by atoms with E-state index in [9.17, 15) is 18.0 Å². The highest BCUT2D eigenvalue weighted by molar-refractivity contribution is 7.92. The van der Waals surface area contributed by atoms with Gasteiger partial charge in [-0.15, -0.1) is 0 Å². The zero-order valence-corrected chi connectivity index (χ0v) is 25.0. The minimum atomic E-state index is -4.11. The molecule has 0 bridgehead atoms. The highest BCUT2D eigenvalue weighted by Crippen LogP contribution is 2.26. The number of amides is 2. The topological polar surface area (TPSA) is 86.8 Å². The van der Waals surface area contributed by atoms with E-state index in [-0.39, 0.29) is 29.8 Å². The Bertz CT molecular complexity index is 1580. The summed E-state index contributed by atoms with van der Waals surface area (Å²) in [4.78, 5) is 29.6. The van der Waals surface area contributed by atoms with Gasteiger partial charge in [-0.1, -0.05) is 91.0 Å². The highest BCUT2D eigenvalue weighted by Gasteiger charge is 2.34. The number of carbonyl (C=O) groups is 2. The lowest BCUT2D eigenvalue weighted by molar-refractivity contribution is -0.140. The van der Waals surface area contributed by atoms with E-state index in [1.807, 2.05) is 87.5 Å². The van der Waals surface area contributed by atoms with E-state index in [2.05, 4.69) is 5.32 Å². The molecule has 42 heavy (non-hydrogen) atoms. The minimum Gasteiger partial charge on any atom is -0.352 e. The van der Waals surface area contributed by atoms with Crippen molar-refractivity contribution in [1.29, 1.82) is 0 Å². The van der Waals surface area contributed by atoms with Gasteiger partial charge in [0.2, 0.25) is 11.8 Å². The zero-order chi connectivity index (χ0) is 30.1. The number of benzene rings is 4. The van der Waals surface area contributed by atoms with Crippen LogP contribution in [0.1, 0.15) is 30.5 Å². The molecule has 4 rings (SSSR count). The largest absolute Gasteiger partial charge is 0.352 e. The molecule has 4 aromatic rings. The first-order valence-corrected chi connectivity index (χ1v) is 15.4. The van der Waals surface area contributed by atoms with Crippen LogP contribution in [-0.4, -0.2) is 43.8 Å². The molecule has 0 fully saturated rings. The average molecular weight is 584 g/mol. The Kier molecular flexibility index (Phi) is 10.1. The van der Waals surface area contributed by atoms with Crippen molar-refractivity contribution in [3.05, 3.63) is 132 Å². The predicted octanol–water partition coefficient (Wildman–Crippen LogP) is 5.36. The molecule has 1 atom stereocenters. The predicted molar refractivity (Wildman–Crippen MR) is 166 cm³/mol. The van der Waals surface area contributed by atoms with Crippen molar-refractivity contribution in [1.82, 2.24) is 10.2 Å². The van der Waals surface area contributed by atoms with Crippen LogP contribution < -0.4 is 9.62 Å². The fourth-order valence-corrected chi connectivity index (χ4v) is 6.17. The molecule has 218 valence electrons. The first kappa shape index (κ1) is 30.5. The molecule has 0 saturated heterocycles. The molecule has 1 N–H and O–H groups in total. The third-order valence-corrected chi connectivity index (χ3v) is 8.59. The Morgan fingerprint density at radius 1 is 0.762 bits per heavy atom. The van der Waals surface area contributed by atoms with Gasteiger partial charge < -0.3 is 10.2 Å². The molecular formula is C34H37N3O4S. The Hall–Kier alpha value is -4.43. The van der Waals surface area contributed by atoms with Gasteiger partial charge in [0, 0.05) is 19.0 Å². The minimum absolute atomic E-state index is 0.0762. The Morgan fingerprint density at radius 3 is 1.90 bits per heavy atom. The first-order chi connectivity index (χ1) is 20.1. The lowest BCUT2D eigenvalue weighted by atomic mass is 10.0. The summed E-state index contributed by atoms with van der Waals surface area (Å²) < 4.78 is 29.1. The normalized spacial score (nSPS) is 12.0.